The van der Waals surface area contributed by atoms with Crippen LogP contribution < -0.4 is 0 Å². The molecule has 0 spiro atoms. The van der Waals surface area contributed by atoms with E-state index >= 15 is 0 Å². The first-order chi connectivity index (χ1) is 4.72. The van der Waals surface area contributed by atoms with Gasteiger partial charge in [-0.2, -0.15) is 0 Å². The first-order valence-corrected chi connectivity index (χ1v) is 2.91. The van der Waals surface area contributed by atoms with Gasteiger partial charge in [-0.05, 0) is 6.92 Å². The van der Waals surface area contributed by atoms with E-state index in [0.717, 1.165) is 6.29 Å². The number of rotatable bonds is 3. The smallest absolute Gasteiger partial charge is 0.333 e. The van der Waals surface area contributed by atoms with Gasteiger partial charge in [0.25, 0.3) is 0 Å². The Kier molecular flexibility index (Phi) is 4.20. The summed E-state index contributed by atoms with van der Waals surface area (Å²) in [6.07, 6.45) is 2.52. The van der Waals surface area contributed by atoms with Gasteiger partial charge in [0.1, 0.15) is 6.29 Å². The highest BCUT2D eigenvalue weighted by atomic mass is 16.5. The fraction of sp³-hybridized carbons (Fsp3) is 0.429. The third kappa shape index (κ3) is 3.02. The lowest BCUT2D eigenvalue weighted by atomic mass is 10.2. The second-order valence-electron chi connectivity index (χ2n) is 1.78. The van der Waals surface area contributed by atoms with Crippen molar-refractivity contribution < 1.29 is 14.3 Å². The zero-order valence-electron chi connectivity index (χ0n) is 6.09. The van der Waals surface area contributed by atoms with Crippen molar-refractivity contribution in [1.82, 2.24) is 0 Å². The van der Waals surface area contributed by atoms with Gasteiger partial charge in [0, 0.05) is 12.0 Å². The number of carbonyl (C=O) groups excluding carboxylic acids is 2. The molecule has 0 bridgehead atoms. The maximum absolute atomic E-state index is 10.6. The summed E-state index contributed by atoms with van der Waals surface area (Å²) >= 11 is 0. The van der Waals surface area contributed by atoms with Crippen LogP contribution in [-0.4, -0.2) is 19.4 Å². The van der Waals surface area contributed by atoms with Crippen LogP contribution in [-0.2, 0) is 14.3 Å². The van der Waals surface area contributed by atoms with Gasteiger partial charge in [-0.3, -0.25) is 0 Å². The molecule has 0 saturated carbocycles. The van der Waals surface area contributed by atoms with Gasteiger partial charge in [0.05, 0.1) is 7.11 Å². The minimum atomic E-state index is -0.387. The maximum atomic E-state index is 10.6. The molecule has 0 radical (unpaired) electrons. The quantitative estimate of drug-likeness (QED) is 0.331. The molecule has 0 unspecified atom stereocenters. The molecule has 3 nitrogen and oxygen atoms in total. The molecule has 56 valence electrons. The van der Waals surface area contributed by atoms with Gasteiger partial charge in [-0.1, -0.05) is 6.08 Å². The van der Waals surface area contributed by atoms with Crippen LogP contribution >= 0.6 is 0 Å². The Balaban J connectivity index is 3.91. The van der Waals surface area contributed by atoms with Crippen LogP contribution in [0.1, 0.15) is 13.3 Å². The Morgan fingerprint density at radius 2 is 2.20 bits per heavy atom. The zero-order chi connectivity index (χ0) is 7.98. The Morgan fingerprint density at radius 3 is 2.60 bits per heavy atom. The van der Waals surface area contributed by atoms with Crippen molar-refractivity contribution in [3.05, 3.63) is 11.6 Å². The predicted molar refractivity (Wildman–Crippen MR) is 36.5 cm³/mol. The SMILES string of the molecule is COC(=O)/C(C)=C/CC=O. The Bertz CT molecular complexity index is 158. The molecule has 0 aliphatic rings. The van der Waals surface area contributed by atoms with Crippen molar-refractivity contribution in [3.63, 3.8) is 0 Å². The van der Waals surface area contributed by atoms with Crippen LogP contribution in [0.4, 0.5) is 0 Å². The van der Waals surface area contributed by atoms with Crippen molar-refractivity contribution in [2.24, 2.45) is 0 Å². The van der Waals surface area contributed by atoms with Crippen LogP contribution in [0.25, 0.3) is 0 Å². The highest BCUT2D eigenvalue weighted by Crippen LogP contribution is 1.95. The van der Waals surface area contributed by atoms with Gasteiger partial charge in [-0.25, -0.2) is 4.79 Å². The minimum absolute atomic E-state index is 0.265. The van der Waals surface area contributed by atoms with Crippen molar-refractivity contribution in [1.29, 1.82) is 0 Å². The van der Waals surface area contributed by atoms with Gasteiger partial charge < -0.3 is 9.53 Å². The monoisotopic (exact) mass is 142 g/mol. The standard InChI is InChI=1S/C7H10O3/c1-6(4-3-5-8)7(9)10-2/h4-5H,3H2,1-2H3/b6-4+. The number of hydrogen-bond donors (Lipinski definition) is 0. The van der Waals surface area contributed by atoms with E-state index in [4.69, 9.17) is 0 Å². The molecule has 0 heterocycles. The van der Waals surface area contributed by atoms with E-state index in [1.165, 1.54) is 13.2 Å². The zero-order valence-corrected chi connectivity index (χ0v) is 6.09. The predicted octanol–water partition coefficient (Wildman–Crippen LogP) is 0.695. The topological polar surface area (TPSA) is 43.4 Å². The van der Waals surface area contributed by atoms with Crippen LogP contribution in [0.5, 0.6) is 0 Å². The molecule has 0 aromatic rings. The summed E-state index contributed by atoms with van der Waals surface area (Å²) < 4.78 is 4.39. The second-order valence-corrected chi connectivity index (χ2v) is 1.78. The highest BCUT2D eigenvalue weighted by molar-refractivity contribution is 5.87. The molecule has 0 aromatic carbocycles. The van der Waals surface area contributed by atoms with Crippen LogP contribution in [0.2, 0.25) is 0 Å². The summed E-state index contributed by atoms with van der Waals surface area (Å²) in [7, 11) is 1.31. The summed E-state index contributed by atoms with van der Waals surface area (Å²) in [4.78, 5) is 20.4. The van der Waals surface area contributed by atoms with Gasteiger partial charge in [0.2, 0.25) is 0 Å². The average molecular weight is 142 g/mol. The lowest BCUT2D eigenvalue weighted by Gasteiger charge is -1.95. The molecule has 0 aliphatic heterocycles. The molecular formula is C7H10O3. The largest absolute Gasteiger partial charge is 0.466 e. The molecule has 0 saturated heterocycles. The Labute approximate surface area is 59.7 Å². The number of hydrogen-bond acceptors (Lipinski definition) is 3. The lowest BCUT2D eigenvalue weighted by Crippen LogP contribution is -2.01. The average Bonchev–Trinajstić information content (AvgIpc) is 1.98. The summed E-state index contributed by atoms with van der Waals surface area (Å²) in [5.74, 6) is -0.387. The lowest BCUT2D eigenvalue weighted by molar-refractivity contribution is -0.136. The molecule has 0 fully saturated rings. The molecular weight excluding hydrogens is 132 g/mol. The summed E-state index contributed by atoms with van der Waals surface area (Å²) in [6, 6.07) is 0. The second kappa shape index (κ2) is 4.73. The minimum Gasteiger partial charge on any atom is -0.466 e. The molecule has 0 N–H and O–H groups in total. The van der Waals surface area contributed by atoms with E-state index in [1.54, 1.807) is 6.92 Å². The molecule has 0 aliphatic carbocycles. The third-order valence-electron chi connectivity index (χ3n) is 1.03. The number of carbonyl (C=O) groups is 2. The Hall–Kier alpha value is -1.12. The van der Waals surface area contributed by atoms with Gasteiger partial charge in [-0.15, -0.1) is 0 Å². The number of methoxy groups -OCH3 is 1. The van der Waals surface area contributed by atoms with Crippen molar-refractivity contribution in [3.8, 4) is 0 Å². The van der Waals surface area contributed by atoms with E-state index in [2.05, 4.69) is 4.74 Å². The maximum Gasteiger partial charge on any atom is 0.333 e. The van der Waals surface area contributed by atoms with Gasteiger partial charge in [0.15, 0.2) is 0 Å². The molecule has 0 amide bonds. The molecule has 0 atom stereocenters. The van der Waals surface area contributed by atoms with E-state index in [0.29, 0.717) is 5.57 Å². The molecule has 0 rings (SSSR count). The van der Waals surface area contributed by atoms with Crippen molar-refractivity contribution in [2.75, 3.05) is 7.11 Å². The summed E-state index contributed by atoms with van der Waals surface area (Å²) in [6.45, 7) is 1.61. The van der Waals surface area contributed by atoms with Crippen molar-refractivity contribution in [2.45, 2.75) is 13.3 Å². The van der Waals surface area contributed by atoms with E-state index in [9.17, 15) is 9.59 Å². The van der Waals surface area contributed by atoms with Crippen LogP contribution in [0.3, 0.4) is 0 Å². The number of esters is 1. The van der Waals surface area contributed by atoms with E-state index in [-0.39, 0.29) is 12.4 Å². The third-order valence-corrected chi connectivity index (χ3v) is 1.03. The normalized spacial score (nSPS) is 10.8. The molecule has 3 heteroatoms. The Morgan fingerprint density at radius 1 is 1.60 bits per heavy atom. The first-order valence-electron chi connectivity index (χ1n) is 2.91. The fourth-order valence-corrected chi connectivity index (χ4v) is 0.469. The highest BCUT2D eigenvalue weighted by Gasteiger charge is 2.00. The van der Waals surface area contributed by atoms with E-state index in [1.807, 2.05) is 0 Å². The molecule has 10 heavy (non-hydrogen) atoms. The van der Waals surface area contributed by atoms with E-state index < -0.39 is 0 Å². The van der Waals surface area contributed by atoms with Crippen LogP contribution in [0, 0.1) is 0 Å². The first kappa shape index (κ1) is 8.88. The van der Waals surface area contributed by atoms with Crippen LogP contribution in [0.15, 0.2) is 11.6 Å². The van der Waals surface area contributed by atoms with Crippen molar-refractivity contribution >= 4 is 12.3 Å². The summed E-state index contributed by atoms with van der Waals surface area (Å²) in [5.41, 5.74) is 0.467. The number of aldehydes is 1. The number of ether oxygens (including phenoxy) is 1. The fourth-order valence-electron chi connectivity index (χ4n) is 0.469. The van der Waals surface area contributed by atoms with Gasteiger partial charge >= 0.3 is 5.97 Å². The number of allylic oxidation sites excluding steroid dienone is 1. The molecule has 0 aromatic heterocycles. The summed E-state index contributed by atoms with van der Waals surface area (Å²) in [5, 5.41) is 0.